The normalized spacial score (nSPS) is 10.2. The average Bonchev–Trinajstić information content (AvgIpc) is 2.56. The molecule has 2 aromatic rings. The first kappa shape index (κ1) is 18.7. The minimum Gasteiger partial charge on any atom is -0.324 e. The van der Waals surface area contributed by atoms with Gasteiger partial charge in [-0.25, -0.2) is 0 Å². The number of nitrogens with zero attached hydrogens (tertiary/aromatic N) is 3. The van der Waals surface area contributed by atoms with Gasteiger partial charge in [0.05, 0.1) is 38.0 Å². The first-order chi connectivity index (χ1) is 12.2. The van der Waals surface area contributed by atoms with E-state index in [9.17, 15) is 35.1 Å². The number of hydrogen-bond acceptors (Lipinski definition) is 7. The molecule has 11 nitrogen and oxygen atoms in total. The Morgan fingerprint density at radius 2 is 1.50 bits per heavy atom. The summed E-state index contributed by atoms with van der Waals surface area (Å²) >= 11 is 5.86. The van der Waals surface area contributed by atoms with Crippen LogP contribution in [0.15, 0.2) is 36.4 Å². The molecule has 0 saturated carbocycles. The molecule has 0 unspecified atom stereocenters. The minimum atomic E-state index is -0.837. The fourth-order valence-corrected chi connectivity index (χ4v) is 2.24. The summed E-state index contributed by atoms with van der Waals surface area (Å²) in [7, 11) is 0. The van der Waals surface area contributed by atoms with Crippen molar-refractivity contribution in [1.29, 1.82) is 0 Å². The van der Waals surface area contributed by atoms with Crippen molar-refractivity contribution in [2.45, 2.75) is 6.42 Å². The highest BCUT2D eigenvalue weighted by molar-refractivity contribution is 6.33. The Hall–Kier alpha value is -3.60. The van der Waals surface area contributed by atoms with Crippen LogP contribution in [0.3, 0.4) is 0 Å². The Balaban J connectivity index is 2.25. The van der Waals surface area contributed by atoms with Gasteiger partial charge in [-0.1, -0.05) is 11.6 Å². The highest BCUT2D eigenvalue weighted by Crippen LogP contribution is 2.28. The standard InChI is InChI=1S/C14H9ClN4O7/c15-11-4-3-9(17(21)22)6-12(11)16-14(20)5-8-1-2-10(18(23)24)7-13(8)19(25)26/h1-4,6-7H,5H2,(H,16,20). The number of nitro groups is 3. The van der Waals surface area contributed by atoms with E-state index in [2.05, 4.69) is 5.32 Å². The molecular weight excluding hydrogens is 372 g/mol. The Kier molecular flexibility index (Phi) is 5.42. The van der Waals surface area contributed by atoms with E-state index in [1.807, 2.05) is 0 Å². The van der Waals surface area contributed by atoms with Crippen molar-refractivity contribution < 1.29 is 19.6 Å². The van der Waals surface area contributed by atoms with Gasteiger partial charge in [0, 0.05) is 23.8 Å². The number of anilines is 1. The first-order valence-electron chi connectivity index (χ1n) is 6.84. The van der Waals surface area contributed by atoms with Gasteiger partial charge in [0.15, 0.2) is 0 Å². The number of amides is 1. The summed E-state index contributed by atoms with van der Waals surface area (Å²) in [5, 5.41) is 34.9. The van der Waals surface area contributed by atoms with Crippen molar-refractivity contribution in [2.24, 2.45) is 0 Å². The lowest BCUT2D eigenvalue weighted by atomic mass is 10.1. The summed E-state index contributed by atoms with van der Waals surface area (Å²) in [6, 6.07) is 6.32. The molecular formula is C14H9ClN4O7. The van der Waals surface area contributed by atoms with Gasteiger partial charge in [-0.3, -0.25) is 35.1 Å². The van der Waals surface area contributed by atoms with Crippen LogP contribution >= 0.6 is 11.6 Å². The van der Waals surface area contributed by atoms with Crippen molar-refractivity contribution in [3.63, 3.8) is 0 Å². The quantitative estimate of drug-likeness (QED) is 0.594. The lowest BCUT2D eigenvalue weighted by molar-refractivity contribution is -0.394. The third kappa shape index (κ3) is 4.27. The van der Waals surface area contributed by atoms with Gasteiger partial charge in [-0.05, 0) is 12.1 Å². The van der Waals surface area contributed by atoms with Gasteiger partial charge in [0.25, 0.3) is 17.1 Å². The van der Waals surface area contributed by atoms with Crippen LogP contribution < -0.4 is 5.32 Å². The monoisotopic (exact) mass is 380 g/mol. The molecule has 2 rings (SSSR count). The molecule has 26 heavy (non-hydrogen) atoms. The van der Waals surface area contributed by atoms with E-state index < -0.39 is 38.5 Å². The number of nitro benzene ring substituents is 3. The van der Waals surface area contributed by atoms with Crippen molar-refractivity contribution >= 4 is 40.3 Å². The number of non-ortho nitro benzene ring substituents is 2. The number of hydrogen-bond donors (Lipinski definition) is 1. The second-order valence-electron chi connectivity index (χ2n) is 4.97. The average molecular weight is 381 g/mol. The summed E-state index contributed by atoms with van der Waals surface area (Å²) in [6.45, 7) is 0. The predicted octanol–water partition coefficient (Wildman–Crippen LogP) is 3.25. The molecule has 0 atom stereocenters. The summed E-state index contributed by atoms with van der Waals surface area (Å²) in [4.78, 5) is 42.4. The maximum atomic E-state index is 12.1. The molecule has 0 aliphatic heterocycles. The third-order valence-corrected chi connectivity index (χ3v) is 3.59. The molecule has 0 heterocycles. The van der Waals surface area contributed by atoms with Crippen LogP contribution in [0.4, 0.5) is 22.7 Å². The maximum Gasteiger partial charge on any atom is 0.279 e. The van der Waals surface area contributed by atoms with Gasteiger partial charge in [0.2, 0.25) is 5.91 Å². The minimum absolute atomic E-state index is 0.0320. The summed E-state index contributed by atoms with van der Waals surface area (Å²) in [5.41, 5.74) is -1.46. The molecule has 1 N–H and O–H groups in total. The topological polar surface area (TPSA) is 159 Å². The Morgan fingerprint density at radius 3 is 2.08 bits per heavy atom. The molecule has 2 aromatic carbocycles. The second kappa shape index (κ2) is 7.53. The highest BCUT2D eigenvalue weighted by Gasteiger charge is 2.21. The summed E-state index contributed by atoms with van der Waals surface area (Å²) in [5.74, 6) is -0.732. The van der Waals surface area contributed by atoms with Gasteiger partial charge >= 0.3 is 0 Å². The van der Waals surface area contributed by atoms with Crippen LogP contribution in [-0.4, -0.2) is 20.7 Å². The smallest absolute Gasteiger partial charge is 0.279 e. The molecule has 0 fully saturated rings. The van der Waals surface area contributed by atoms with E-state index in [0.29, 0.717) is 0 Å². The number of nitrogens with one attached hydrogen (secondary N) is 1. The van der Waals surface area contributed by atoms with Crippen LogP contribution in [0, 0.1) is 30.3 Å². The molecule has 0 saturated heterocycles. The highest BCUT2D eigenvalue weighted by atomic mass is 35.5. The number of rotatable bonds is 6. The van der Waals surface area contributed by atoms with Gasteiger partial charge in [-0.2, -0.15) is 0 Å². The molecule has 12 heteroatoms. The molecule has 0 aliphatic carbocycles. The number of carbonyl (C=O) groups excluding carboxylic acids is 1. The largest absolute Gasteiger partial charge is 0.324 e. The fraction of sp³-hybridized carbons (Fsp3) is 0.0714. The van der Waals surface area contributed by atoms with E-state index in [1.54, 1.807) is 0 Å². The Bertz CT molecular complexity index is 932. The zero-order valence-corrected chi connectivity index (χ0v) is 13.5. The van der Waals surface area contributed by atoms with E-state index in [1.165, 1.54) is 6.07 Å². The van der Waals surface area contributed by atoms with Crippen LogP contribution in [-0.2, 0) is 11.2 Å². The summed E-state index contributed by atoms with van der Waals surface area (Å²) in [6.07, 6.45) is -0.479. The van der Waals surface area contributed by atoms with Crippen molar-refractivity contribution in [1.82, 2.24) is 0 Å². The molecule has 0 bridgehead atoms. The molecule has 0 aromatic heterocycles. The summed E-state index contributed by atoms with van der Waals surface area (Å²) < 4.78 is 0. The Morgan fingerprint density at radius 1 is 0.923 bits per heavy atom. The number of halogens is 1. The van der Waals surface area contributed by atoms with Crippen molar-refractivity contribution in [3.05, 3.63) is 77.3 Å². The zero-order valence-electron chi connectivity index (χ0n) is 12.7. The van der Waals surface area contributed by atoms with Crippen LogP contribution in [0.1, 0.15) is 5.56 Å². The molecule has 1 amide bonds. The maximum absolute atomic E-state index is 12.1. The predicted molar refractivity (Wildman–Crippen MR) is 90.2 cm³/mol. The van der Waals surface area contributed by atoms with E-state index >= 15 is 0 Å². The van der Waals surface area contributed by atoms with E-state index in [4.69, 9.17) is 11.6 Å². The van der Waals surface area contributed by atoms with Gasteiger partial charge in [-0.15, -0.1) is 0 Å². The lowest BCUT2D eigenvalue weighted by Crippen LogP contribution is -2.15. The Labute approximate surface area is 149 Å². The van der Waals surface area contributed by atoms with Crippen LogP contribution in [0.25, 0.3) is 0 Å². The van der Waals surface area contributed by atoms with E-state index in [-0.39, 0.29) is 22.0 Å². The zero-order chi connectivity index (χ0) is 19.4. The van der Waals surface area contributed by atoms with Gasteiger partial charge < -0.3 is 5.32 Å². The molecule has 0 radical (unpaired) electrons. The SMILES string of the molecule is O=C(Cc1ccc([N+](=O)[O-])cc1[N+](=O)[O-])Nc1cc([N+](=O)[O-])ccc1Cl. The third-order valence-electron chi connectivity index (χ3n) is 3.26. The van der Waals surface area contributed by atoms with Gasteiger partial charge in [0.1, 0.15) is 0 Å². The van der Waals surface area contributed by atoms with Crippen LogP contribution in [0.2, 0.25) is 5.02 Å². The first-order valence-corrected chi connectivity index (χ1v) is 7.22. The molecule has 0 spiro atoms. The fourth-order valence-electron chi connectivity index (χ4n) is 2.08. The molecule has 0 aliphatic rings. The van der Waals surface area contributed by atoms with Crippen molar-refractivity contribution in [2.75, 3.05) is 5.32 Å². The lowest BCUT2D eigenvalue weighted by Gasteiger charge is -2.07. The number of carbonyl (C=O) groups is 1. The van der Waals surface area contributed by atoms with E-state index in [0.717, 1.165) is 30.3 Å². The van der Waals surface area contributed by atoms with Crippen LogP contribution in [0.5, 0.6) is 0 Å². The number of benzene rings is 2. The second-order valence-corrected chi connectivity index (χ2v) is 5.38. The van der Waals surface area contributed by atoms with Crippen molar-refractivity contribution in [3.8, 4) is 0 Å². The molecule has 134 valence electrons.